The number of halogens is 4. The summed E-state index contributed by atoms with van der Waals surface area (Å²) in [5.74, 6) is -0.117. The number of nitrogens with two attached hydrogens (primary N) is 1. The van der Waals surface area contributed by atoms with Crippen molar-refractivity contribution < 1.29 is 17.9 Å². The molecule has 0 aromatic heterocycles. The summed E-state index contributed by atoms with van der Waals surface area (Å²) in [6, 6.07) is 13.5. The molecule has 0 saturated heterocycles. The normalized spacial score (nSPS) is 13.0. The minimum absolute atomic E-state index is 0. The van der Waals surface area contributed by atoms with Gasteiger partial charge >= 0.3 is 6.36 Å². The van der Waals surface area contributed by atoms with Gasteiger partial charge in [-0.15, -0.1) is 37.1 Å². The van der Waals surface area contributed by atoms with Gasteiger partial charge in [-0.2, -0.15) is 0 Å². The van der Waals surface area contributed by atoms with Crippen molar-refractivity contribution in [2.45, 2.75) is 19.3 Å². The Kier molecular flexibility index (Phi) is 9.02. The quantitative estimate of drug-likeness (QED) is 0.342. The van der Waals surface area contributed by atoms with Crippen LogP contribution in [0.25, 0.3) is 0 Å². The van der Waals surface area contributed by atoms with Crippen molar-refractivity contribution in [1.29, 1.82) is 0 Å². The lowest BCUT2D eigenvalue weighted by atomic mass is 10.0. The van der Waals surface area contributed by atoms with E-state index >= 15 is 0 Å². The highest BCUT2D eigenvalue weighted by molar-refractivity contribution is 14.0. The Balaban J connectivity index is 0.00000392. The first-order valence-electron chi connectivity index (χ1n) is 8.30. The number of benzene rings is 2. The van der Waals surface area contributed by atoms with E-state index in [0.29, 0.717) is 12.2 Å². The predicted molar refractivity (Wildman–Crippen MR) is 116 cm³/mol. The van der Waals surface area contributed by atoms with Crippen LogP contribution in [-0.4, -0.2) is 37.9 Å². The lowest BCUT2D eigenvalue weighted by molar-refractivity contribution is -0.274. The molecule has 1 unspecified atom stereocenters. The van der Waals surface area contributed by atoms with E-state index in [1.807, 2.05) is 38.1 Å². The molecule has 3 N–H and O–H groups in total. The van der Waals surface area contributed by atoms with Crippen LogP contribution < -0.4 is 15.8 Å². The van der Waals surface area contributed by atoms with E-state index in [4.69, 9.17) is 5.73 Å². The summed E-state index contributed by atoms with van der Waals surface area (Å²) in [5, 5.41) is 2.86. The molecule has 28 heavy (non-hydrogen) atoms. The molecule has 0 spiro atoms. The summed E-state index contributed by atoms with van der Waals surface area (Å²) >= 11 is 0. The summed E-state index contributed by atoms with van der Waals surface area (Å²) in [4.78, 5) is 6.40. The van der Waals surface area contributed by atoms with Gasteiger partial charge in [-0.05, 0) is 50.8 Å². The van der Waals surface area contributed by atoms with Gasteiger partial charge in [0.25, 0.3) is 0 Å². The first-order chi connectivity index (χ1) is 12.6. The van der Waals surface area contributed by atoms with Crippen LogP contribution in [0, 0.1) is 6.92 Å². The number of alkyl halides is 3. The number of aryl methyl sites for hydroxylation is 1. The van der Waals surface area contributed by atoms with Gasteiger partial charge in [-0.25, -0.2) is 0 Å². The molecule has 0 aliphatic heterocycles. The largest absolute Gasteiger partial charge is 0.573 e. The van der Waals surface area contributed by atoms with Gasteiger partial charge in [-0.1, -0.05) is 29.8 Å². The highest BCUT2D eigenvalue weighted by Gasteiger charge is 2.30. The summed E-state index contributed by atoms with van der Waals surface area (Å²) < 4.78 is 40.4. The Hall–Kier alpha value is -2.01. The molecule has 0 aliphatic rings. The van der Waals surface area contributed by atoms with Crippen LogP contribution in [0.4, 0.5) is 18.9 Å². The lowest BCUT2D eigenvalue weighted by Gasteiger charge is -2.23. The highest BCUT2D eigenvalue weighted by Crippen LogP contribution is 2.24. The van der Waals surface area contributed by atoms with Crippen molar-refractivity contribution in [3.63, 3.8) is 0 Å². The Labute approximate surface area is 179 Å². The molecule has 0 heterocycles. The van der Waals surface area contributed by atoms with E-state index in [1.54, 1.807) is 0 Å². The molecule has 9 heteroatoms. The van der Waals surface area contributed by atoms with Crippen LogP contribution in [-0.2, 0) is 0 Å². The molecule has 154 valence electrons. The third-order valence-electron chi connectivity index (χ3n) is 3.88. The van der Waals surface area contributed by atoms with Gasteiger partial charge in [0.05, 0.1) is 12.6 Å². The number of anilines is 1. The van der Waals surface area contributed by atoms with Crippen LogP contribution in [0.3, 0.4) is 0 Å². The van der Waals surface area contributed by atoms with Crippen LogP contribution >= 0.6 is 24.0 Å². The number of guanidine groups is 1. The molecule has 0 saturated carbocycles. The van der Waals surface area contributed by atoms with Gasteiger partial charge in [-0.3, -0.25) is 4.99 Å². The average molecular weight is 508 g/mol. The smallest absolute Gasteiger partial charge is 0.406 e. The Morgan fingerprint density at radius 2 is 1.68 bits per heavy atom. The maximum absolute atomic E-state index is 12.2. The summed E-state index contributed by atoms with van der Waals surface area (Å²) in [7, 11) is 3.92. The summed E-state index contributed by atoms with van der Waals surface area (Å²) in [5.41, 5.74) is 8.72. The molecule has 0 aliphatic carbocycles. The zero-order valence-corrected chi connectivity index (χ0v) is 18.2. The molecule has 2 aromatic rings. The van der Waals surface area contributed by atoms with Gasteiger partial charge in [0.1, 0.15) is 5.75 Å². The Bertz CT molecular complexity index is 762. The summed E-state index contributed by atoms with van der Waals surface area (Å²) in [6.45, 7) is 2.46. The van der Waals surface area contributed by atoms with Crippen molar-refractivity contribution >= 4 is 35.6 Å². The minimum atomic E-state index is -4.72. The first kappa shape index (κ1) is 24.0. The van der Waals surface area contributed by atoms with E-state index in [9.17, 15) is 13.2 Å². The minimum Gasteiger partial charge on any atom is -0.406 e. The Morgan fingerprint density at radius 1 is 1.11 bits per heavy atom. The summed E-state index contributed by atoms with van der Waals surface area (Å²) in [6.07, 6.45) is -4.72. The number of rotatable bonds is 6. The van der Waals surface area contributed by atoms with Gasteiger partial charge < -0.3 is 20.7 Å². The molecule has 0 fully saturated rings. The monoisotopic (exact) mass is 508 g/mol. The number of nitrogens with zero attached hydrogens (tertiary/aromatic N) is 2. The molecule has 0 bridgehead atoms. The standard InChI is InChI=1S/C19H23F3N4O.HI/c1-13-4-6-14(7-5-13)17(26(2)3)12-24-18(23)25-15-8-10-16(11-9-15)27-19(20,21)22;/h4-11,17H,12H2,1-3H3,(H3,23,24,25);1H. The number of hydrogen-bond donors (Lipinski definition) is 2. The van der Waals surface area contributed by atoms with Crippen LogP contribution in [0.1, 0.15) is 17.2 Å². The molecule has 0 radical (unpaired) electrons. The zero-order valence-electron chi connectivity index (χ0n) is 15.8. The second-order valence-corrected chi connectivity index (χ2v) is 6.31. The fraction of sp³-hybridized carbons (Fsp3) is 0.316. The second-order valence-electron chi connectivity index (χ2n) is 6.31. The Morgan fingerprint density at radius 3 is 2.18 bits per heavy atom. The van der Waals surface area contributed by atoms with Crippen LogP contribution in [0.2, 0.25) is 0 Å². The third kappa shape index (κ3) is 7.93. The van der Waals surface area contributed by atoms with Crippen molar-refractivity contribution in [2.75, 3.05) is 26.0 Å². The number of hydrogen-bond acceptors (Lipinski definition) is 3. The second kappa shape index (κ2) is 10.5. The molecule has 5 nitrogen and oxygen atoms in total. The topological polar surface area (TPSA) is 62.9 Å². The lowest BCUT2D eigenvalue weighted by Crippen LogP contribution is -2.27. The van der Waals surface area contributed by atoms with Gasteiger partial charge in [0.2, 0.25) is 0 Å². The van der Waals surface area contributed by atoms with Gasteiger partial charge in [0.15, 0.2) is 5.96 Å². The maximum atomic E-state index is 12.2. The number of aliphatic imine (C=N–C) groups is 1. The number of likely N-dealkylation sites (N-methyl/N-ethyl adjacent to an activating group) is 1. The molecule has 2 aromatic carbocycles. The number of nitrogens with one attached hydrogen (secondary N) is 1. The van der Waals surface area contributed by atoms with Crippen LogP contribution in [0.15, 0.2) is 53.5 Å². The van der Waals surface area contributed by atoms with Crippen molar-refractivity contribution in [2.24, 2.45) is 10.7 Å². The van der Waals surface area contributed by atoms with Crippen molar-refractivity contribution in [3.05, 3.63) is 59.7 Å². The van der Waals surface area contributed by atoms with Crippen molar-refractivity contribution in [3.8, 4) is 5.75 Å². The van der Waals surface area contributed by atoms with E-state index in [-0.39, 0.29) is 41.7 Å². The average Bonchev–Trinajstić information content (AvgIpc) is 2.57. The maximum Gasteiger partial charge on any atom is 0.573 e. The highest BCUT2D eigenvalue weighted by atomic mass is 127. The molecule has 1 atom stereocenters. The third-order valence-corrected chi connectivity index (χ3v) is 3.88. The molecular formula is C19H24F3IN4O. The van der Waals surface area contributed by atoms with E-state index < -0.39 is 6.36 Å². The zero-order chi connectivity index (χ0) is 20.0. The van der Waals surface area contributed by atoms with Crippen molar-refractivity contribution in [1.82, 2.24) is 4.90 Å². The fourth-order valence-electron chi connectivity index (χ4n) is 2.47. The number of ether oxygens (including phenoxy) is 1. The molecular weight excluding hydrogens is 484 g/mol. The fourth-order valence-corrected chi connectivity index (χ4v) is 2.47. The van der Waals surface area contributed by atoms with E-state index in [0.717, 1.165) is 5.56 Å². The SMILES string of the molecule is Cc1ccc(C(CN=C(N)Nc2ccc(OC(F)(F)F)cc2)N(C)C)cc1.I. The van der Waals surface area contributed by atoms with E-state index in [1.165, 1.54) is 29.8 Å². The van der Waals surface area contributed by atoms with Crippen LogP contribution in [0.5, 0.6) is 5.75 Å². The van der Waals surface area contributed by atoms with Gasteiger partial charge in [0, 0.05) is 5.69 Å². The molecule has 2 rings (SSSR count). The molecule has 0 amide bonds. The first-order valence-corrected chi connectivity index (χ1v) is 8.30. The predicted octanol–water partition coefficient (Wildman–Crippen LogP) is 4.54. The van der Waals surface area contributed by atoms with E-state index in [2.05, 4.69) is 27.2 Å².